The first-order valence-corrected chi connectivity index (χ1v) is 7.02. The molecule has 20 heavy (non-hydrogen) atoms. The second-order valence-electron chi connectivity index (χ2n) is 5.93. The Morgan fingerprint density at radius 1 is 1.05 bits per heavy atom. The van der Waals surface area contributed by atoms with E-state index in [1.54, 1.807) is 6.07 Å². The minimum atomic E-state index is -0.381. The van der Waals surface area contributed by atoms with Crippen LogP contribution in [0.15, 0.2) is 42.5 Å². The monoisotopic (exact) mass is 291 g/mol. The van der Waals surface area contributed by atoms with E-state index < -0.39 is 0 Å². The van der Waals surface area contributed by atoms with E-state index in [-0.39, 0.29) is 16.3 Å². The fourth-order valence-corrected chi connectivity index (χ4v) is 2.06. The molecule has 0 aromatic heterocycles. The van der Waals surface area contributed by atoms with Crippen molar-refractivity contribution in [3.05, 3.63) is 64.4 Å². The molecule has 0 unspecified atom stereocenters. The maximum atomic E-state index is 13.3. The van der Waals surface area contributed by atoms with Gasteiger partial charge in [-0.2, -0.15) is 0 Å². The first-order valence-electron chi connectivity index (χ1n) is 6.64. The molecule has 106 valence electrons. The Morgan fingerprint density at radius 2 is 1.70 bits per heavy atom. The van der Waals surface area contributed by atoms with Gasteiger partial charge in [0, 0.05) is 12.2 Å². The minimum absolute atomic E-state index is 0.151. The molecule has 0 saturated heterocycles. The fraction of sp³-hybridized carbons (Fsp3) is 0.294. The highest BCUT2D eigenvalue weighted by molar-refractivity contribution is 6.30. The Kier molecular flexibility index (Phi) is 4.34. The smallest absolute Gasteiger partial charge is 0.142 e. The van der Waals surface area contributed by atoms with Crippen LogP contribution >= 0.6 is 11.6 Å². The van der Waals surface area contributed by atoms with Gasteiger partial charge in [-0.3, -0.25) is 0 Å². The van der Waals surface area contributed by atoms with Crippen molar-refractivity contribution >= 4 is 17.3 Å². The van der Waals surface area contributed by atoms with Crippen molar-refractivity contribution in [2.45, 2.75) is 32.7 Å². The molecule has 0 saturated carbocycles. The molecular formula is C17H19ClFN. The summed E-state index contributed by atoms with van der Waals surface area (Å²) < 4.78 is 13.3. The van der Waals surface area contributed by atoms with Gasteiger partial charge in [0.2, 0.25) is 0 Å². The van der Waals surface area contributed by atoms with Crippen molar-refractivity contribution in [3.63, 3.8) is 0 Å². The summed E-state index contributed by atoms with van der Waals surface area (Å²) >= 11 is 5.66. The number of nitrogens with one attached hydrogen (secondary N) is 1. The topological polar surface area (TPSA) is 12.0 Å². The highest BCUT2D eigenvalue weighted by Gasteiger charge is 2.12. The Hall–Kier alpha value is -1.54. The molecule has 2 aromatic rings. The van der Waals surface area contributed by atoms with E-state index in [0.29, 0.717) is 6.54 Å². The van der Waals surface area contributed by atoms with Crippen LogP contribution in [0.2, 0.25) is 5.02 Å². The summed E-state index contributed by atoms with van der Waals surface area (Å²) in [7, 11) is 0. The Morgan fingerprint density at radius 3 is 2.25 bits per heavy atom. The zero-order valence-corrected chi connectivity index (χ0v) is 12.8. The van der Waals surface area contributed by atoms with E-state index in [9.17, 15) is 4.39 Å². The number of anilines is 1. The van der Waals surface area contributed by atoms with Gasteiger partial charge in [-0.15, -0.1) is 0 Å². The molecular weight excluding hydrogens is 273 g/mol. The molecule has 0 aliphatic carbocycles. The van der Waals surface area contributed by atoms with E-state index in [1.807, 2.05) is 18.2 Å². The second kappa shape index (κ2) is 5.84. The molecule has 1 N–H and O–H groups in total. The Balaban J connectivity index is 2.02. The molecule has 0 amide bonds. The van der Waals surface area contributed by atoms with Crippen molar-refractivity contribution in [2.24, 2.45) is 0 Å². The van der Waals surface area contributed by atoms with Crippen LogP contribution in [-0.2, 0) is 12.0 Å². The van der Waals surface area contributed by atoms with E-state index in [2.05, 4.69) is 38.2 Å². The Labute approximate surface area is 124 Å². The number of halogens is 2. The molecule has 0 bridgehead atoms. The maximum Gasteiger partial charge on any atom is 0.142 e. The zero-order valence-electron chi connectivity index (χ0n) is 12.0. The molecule has 0 fully saturated rings. The van der Waals surface area contributed by atoms with Crippen molar-refractivity contribution in [3.8, 4) is 0 Å². The lowest BCUT2D eigenvalue weighted by Gasteiger charge is -2.19. The normalized spacial score (nSPS) is 11.4. The lowest BCUT2D eigenvalue weighted by Crippen LogP contribution is -2.10. The molecule has 0 aliphatic rings. The summed E-state index contributed by atoms with van der Waals surface area (Å²) in [4.78, 5) is 0. The minimum Gasteiger partial charge on any atom is -0.381 e. The van der Waals surface area contributed by atoms with Crippen molar-refractivity contribution in [1.29, 1.82) is 0 Å². The maximum absolute atomic E-state index is 13.3. The second-order valence-corrected chi connectivity index (χ2v) is 6.34. The molecule has 3 heteroatoms. The van der Waals surface area contributed by atoms with Crippen molar-refractivity contribution < 1.29 is 4.39 Å². The van der Waals surface area contributed by atoms with Crippen LogP contribution in [0, 0.1) is 5.82 Å². The summed E-state index contributed by atoms with van der Waals surface area (Å²) in [5.74, 6) is -0.381. The van der Waals surface area contributed by atoms with E-state index in [0.717, 1.165) is 11.3 Å². The van der Waals surface area contributed by atoms with Gasteiger partial charge in [-0.05, 0) is 40.8 Å². The van der Waals surface area contributed by atoms with E-state index in [4.69, 9.17) is 11.6 Å². The molecule has 0 atom stereocenters. The lowest BCUT2D eigenvalue weighted by molar-refractivity contribution is 0.590. The van der Waals surface area contributed by atoms with Crippen molar-refractivity contribution in [1.82, 2.24) is 0 Å². The van der Waals surface area contributed by atoms with E-state index >= 15 is 0 Å². The number of hydrogen-bond donors (Lipinski definition) is 1. The van der Waals surface area contributed by atoms with Gasteiger partial charge < -0.3 is 5.32 Å². The van der Waals surface area contributed by atoms with Crippen LogP contribution < -0.4 is 5.32 Å². The number of benzene rings is 2. The van der Waals surface area contributed by atoms with Gasteiger partial charge in [0.15, 0.2) is 0 Å². The molecule has 2 aromatic carbocycles. The summed E-state index contributed by atoms with van der Waals surface area (Å²) in [5.41, 5.74) is 3.33. The highest BCUT2D eigenvalue weighted by atomic mass is 35.5. The number of hydrogen-bond acceptors (Lipinski definition) is 1. The van der Waals surface area contributed by atoms with Crippen LogP contribution in [0.3, 0.4) is 0 Å². The molecule has 2 rings (SSSR count). The van der Waals surface area contributed by atoms with Gasteiger partial charge in [0.05, 0.1) is 5.02 Å². The standard InChI is InChI=1S/C17H19ClFN/c1-17(2,3)13-5-7-14(8-6-13)20-11-12-4-9-15(18)16(19)10-12/h4-10,20H,11H2,1-3H3. The predicted octanol–water partition coefficient (Wildman–Crippen LogP) is 5.39. The number of rotatable bonds is 3. The predicted molar refractivity (Wildman–Crippen MR) is 83.9 cm³/mol. The molecule has 0 radical (unpaired) electrons. The van der Waals surface area contributed by atoms with Crippen LogP contribution in [0.1, 0.15) is 31.9 Å². The van der Waals surface area contributed by atoms with Crippen LogP contribution in [0.5, 0.6) is 0 Å². The first-order chi connectivity index (χ1) is 9.36. The third-order valence-corrected chi connectivity index (χ3v) is 3.54. The average Bonchev–Trinajstić information content (AvgIpc) is 2.40. The summed E-state index contributed by atoms with van der Waals surface area (Å²) in [6.45, 7) is 7.13. The van der Waals surface area contributed by atoms with Gasteiger partial charge in [0.25, 0.3) is 0 Å². The third kappa shape index (κ3) is 3.73. The average molecular weight is 292 g/mol. The summed E-state index contributed by atoms with van der Waals surface area (Å²) in [5, 5.41) is 3.43. The fourth-order valence-electron chi connectivity index (χ4n) is 1.94. The van der Waals surface area contributed by atoms with Gasteiger partial charge in [-0.25, -0.2) is 4.39 Å². The molecule has 0 heterocycles. The SMILES string of the molecule is CC(C)(C)c1ccc(NCc2ccc(Cl)c(F)c2)cc1. The lowest BCUT2D eigenvalue weighted by atomic mass is 9.87. The van der Waals surface area contributed by atoms with Crippen LogP contribution in [0.4, 0.5) is 10.1 Å². The van der Waals surface area contributed by atoms with Crippen LogP contribution in [-0.4, -0.2) is 0 Å². The zero-order chi connectivity index (χ0) is 14.8. The summed E-state index contributed by atoms with van der Waals surface area (Å²) in [6.07, 6.45) is 0. The van der Waals surface area contributed by atoms with Gasteiger partial charge >= 0.3 is 0 Å². The quantitative estimate of drug-likeness (QED) is 0.799. The third-order valence-electron chi connectivity index (χ3n) is 3.23. The van der Waals surface area contributed by atoms with Crippen LogP contribution in [0.25, 0.3) is 0 Å². The summed E-state index contributed by atoms with van der Waals surface area (Å²) in [6, 6.07) is 13.2. The molecule has 1 nitrogen and oxygen atoms in total. The van der Waals surface area contributed by atoms with Gasteiger partial charge in [-0.1, -0.05) is 50.6 Å². The molecule has 0 spiro atoms. The van der Waals surface area contributed by atoms with E-state index in [1.165, 1.54) is 11.6 Å². The highest BCUT2D eigenvalue weighted by Crippen LogP contribution is 2.24. The van der Waals surface area contributed by atoms with Gasteiger partial charge in [0.1, 0.15) is 5.82 Å². The largest absolute Gasteiger partial charge is 0.381 e. The molecule has 0 aliphatic heterocycles. The van der Waals surface area contributed by atoms with Crippen molar-refractivity contribution in [2.75, 3.05) is 5.32 Å². The first kappa shape index (κ1) is 14.9. The Bertz CT molecular complexity index is 585.